The van der Waals surface area contributed by atoms with E-state index in [1.54, 1.807) is 11.8 Å². The molecule has 1 fully saturated rings. The van der Waals surface area contributed by atoms with Gasteiger partial charge in [-0.25, -0.2) is 0 Å². The van der Waals surface area contributed by atoms with Gasteiger partial charge in [0.2, 0.25) is 5.91 Å². The number of likely N-dealkylation sites (tertiary alicyclic amines) is 1. The van der Waals surface area contributed by atoms with E-state index in [2.05, 4.69) is 17.4 Å². The van der Waals surface area contributed by atoms with Crippen LogP contribution in [0, 0.1) is 0 Å². The fourth-order valence-corrected chi connectivity index (χ4v) is 3.67. The third kappa shape index (κ3) is 4.76. The Balaban J connectivity index is 1.50. The zero-order valence-corrected chi connectivity index (χ0v) is 14.0. The van der Waals surface area contributed by atoms with Crippen LogP contribution in [0.3, 0.4) is 0 Å². The van der Waals surface area contributed by atoms with Crippen LogP contribution in [0.5, 0.6) is 0 Å². The molecule has 1 aliphatic rings. The van der Waals surface area contributed by atoms with Gasteiger partial charge >= 0.3 is 0 Å². The molecule has 2 aromatic carbocycles. The molecule has 0 saturated carbocycles. The standard InChI is InChI=1S/C19H22N2OS/c22-19(15-23-18-11-5-2-6-12-18)21-13-7-10-17(14-21)20-16-8-3-1-4-9-16/h1-6,8-9,11-12,17,20H,7,10,13-15H2/t17-/m1/s1. The van der Waals surface area contributed by atoms with E-state index in [0.29, 0.717) is 11.8 Å². The van der Waals surface area contributed by atoms with Crippen LogP contribution >= 0.6 is 11.8 Å². The zero-order chi connectivity index (χ0) is 15.9. The van der Waals surface area contributed by atoms with Gasteiger partial charge in [-0.1, -0.05) is 36.4 Å². The Morgan fingerprint density at radius 1 is 1.09 bits per heavy atom. The second-order valence-electron chi connectivity index (χ2n) is 5.79. The van der Waals surface area contributed by atoms with Crippen molar-refractivity contribution >= 4 is 23.4 Å². The van der Waals surface area contributed by atoms with Crippen molar-refractivity contribution in [3.8, 4) is 0 Å². The topological polar surface area (TPSA) is 32.3 Å². The number of hydrogen-bond acceptors (Lipinski definition) is 3. The van der Waals surface area contributed by atoms with Crippen molar-refractivity contribution in [1.29, 1.82) is 0 Å². The minimum atomic E-state index is 0.235. The average molecular weight is 326 g/mol. The fraction of sp³-hybridized carbons (Fsp3) is 0.316. The lowest BCUT2D eigenvalue weighted by Gasteiger charge is -2.33. The van der Waals surface area contributed by atoms with Crippen LogP contribution in [-0.2, 0) is 4.79 Å². The SMILES string of the molecule is O=C(CSc1ccccc1)N1CCC[C@@H](Nc2ccccc2)C1. The van der Waals surface area contributed by atoms with Crippen LogP contribution in [0.4, 0.5) is 5.69 Å². The van der Waals surface area contributed by atoms with E-state index in [1.165, 1.54) is 0 Å². The van der Waals surface area contributed by atoms with Crippen LogP contribution in [0.1, 0.15) is 12.8 Å². The minimum absolute atomic E-state index is 0.235. The number of para-hydroxylation sites is 1. The highest BCUT2D eigenvalue weighted by Gasteiger charge is 2.23. The largest absolute Gasteiger partial charge is 0.381 e. The molecule has 0 unspecified atom stereocenters. The fourth-order valence-electron chi connectivity index (χ4n) is 2.84. The first-order chi connectivity index (χ1) is 11.3. The van der Waals surface area contributed by atoms with Crippen molar-refractivity contribution in [1.82, 2.24) is 4.90 Å². The van der Waals surface area contributed by atoms with Gasteiger partial charge in [0, 0.05) is 29.7 Å². The maximum atomic E-state index is 12.4. The van der Waals surface area contributed by atoms with Crippen molar-refractivity contribution in [2.24, 2.45) is 0 Å². The first-order valence-corrected chi connectivity index (χ1v) is 9.07. The number of rotatable bonds is 5. The van der Waals surface area contributed by atoms with Gasteiger partial charge in [-0.3, -0.25) is 4.79 Å². The molecule has 1 amide bonds. The summed E-state index contributed by atoms with van der Waals surface area (Å²) >= 11 is 1.62. The van der Waals surface area contributed by atoms with Crippen LogP contribution in [-0.4, -0.2) is 35.7 Å². The van der Waals surface area contributed by atoms with Crippen molar-refractivity contribution in [2.75, 3.05) is 24.2 Å². The number of piperidine rings is 1. The number of nitrogens with one attached hydrogen (secondary N) is 1. The van der Waals surface area contributed by atoms with Crippen molar-refractivity contribution < 1.29 is 4.79 Å². The first kappa shape index (κ1) is 15.9. The second-order valence-corrected chi connectivity index (χ2v) is 6.84. The van der Waals surface area contributed by atoms with E-state index < -0.39 is 0 Å². The van der Waals surface area contributed by atoms with E-state index in [0.717, 1.165) is 36.5 Å². The Kier molecular flexibility index (Phi) is 5.59. The van der Waals surface area contributed by atoms with E-state index in [-0.39, 0.29) is 5.91 Å². The van der Waals surface area contributed by atoms with Crippen LogP contribution in [0.15, 0.2) is 65.6 Å². The number of hydrogen-bond donors (Lipinski definition) is 1. The summed E-state index contributed by atoms with van der Waals surface area (Å²) in [5, 5.41) is 3.54. The summed E-state index contributed by atoms with van der Waals surface area (Å²) in [5.74, 6) is 0.751. The van der Waals surface area contributed by atoms with Crippen molar-refractivity contribution in [3.05, 3.63) is 60.7 Å². The maximum Gasteiger partial charge on any atom is 0.233 e. The normalized spacial score (nSPS) is 17.7. The molecule has 0 radical (unpaired) electrons. The molecule has 0 spiro atoms. The van der Waals surface area contributed by atoms with Gasteiger partial charge in [0.15, 0.2) is 0 Å². The molecule has 3 nitrogen and oxygen atoms in total. The third-order valence-corrected chi connectivity index (χ3v) is 5.02. The van der Waals surface area contributed by atoms with E-state index >= 15 is 0 Å². The lowest BCUT2D eigenvalue weighted by molar-refractivity contribution is -0.129. The number of carbonyl (C=O) groups excluding carboxylic acids is 1. The molecular formula is C19H22N2OS. The Morgan fingerprint density at radius 3 is 2.52 bits per heavy atom. The van der Waals surface area contributed by atoms with E-state index in [1.807, 2.05) is 53.4 Å². The summed E-state index contributed by atoms with van der Waals surface area (Å²) in [6.45, 7) is 1.67. The van der Waals surface area contributed by atoms with Gasteiger partial charge in [0.05, 0.1) is 5.75 Å². The summed E-state index contributed by atoms with van der Waals surface area (Å²) in [4.78, 5) is 15.6. The Morgan fingerprint density at radius 2 is 1.78 bits per heavy atom. The molecule has 2 aromatic rings. The first-order valence-electron chi connectivity index (χ1n) is 8.08. The van der Waals surface area contributed by atoms with Gasteiger partial charge in [0.1, 0.15) is 0 Å². The molecule has 0 bridgehead atoms. The molecule has 23 heavy (non-hydrogen) atoms. The van der Waals surface area contributed by atoms with Gasteiger partial charge in [-0.05, 0) is 37.1 Å². The van der Waals surface area contributed by atoms with Gasteiger partial charge in [-0.15, -0.1) is 11.8 Å². The summed E-state index contributed by atoms with van der Waals surface area (Å²) in [6, 6.07) is 20.7. The summed E-state index contributed by atoms with van der Waals surface area (Å²) in [7, 11) is 0. The van der Waals surface area contributed by atoms with Crippen molar-refractivity contribution in [3.63, 3.8) is 0 Å². The summed E-state index contributed by atoms with van der Waals surface area (Å²) in [5.41, 5.74) is 1.13. The van der Waals surface area contributed by atoms with Gasteiger partial charge < -0.3 is 10.2 Å². The van der Waals surface area contributed by atoms with Gasteiger partial charge in [-0.2, -0.15) is 0 Å². The highest BCUT2D eigenvalue weighted by atomic mass is 32.2. The molecular weight excluding hydrogens is 304 g/mol. The number of thioether (sulfide) groups is 1. The molecule has 1 saturated heterocycles. The second kappa shape index (κ2) is 8.06. The lowest BCUT2D eigenvalue weighted by Crippen LogP contribution is -2.45. The number of amides is 1. The predicted octanol–water partition coefficient (Wildman–Crippen LogP) is 3.88. The Labute approximate surface area is 142 Å². The number of anilines is 1. The molecule has 1 aliphatic heterocycles. The molecule has 4 heteroatoms. The Hall–Kier alpha value is -1.94. The lowest BCUT2D eigenvalue weighted by atomic mass is 10.1. The van der Waals surface area contributed by atoms with Crippen molar-refractivity contribution in [2.45, 2.75) is 23.8 Å². The summed E-state index contributed by atoms with van der Waals surface area (Å²) < 4.78 is 0. The monoisotopic (exact) mass is 326 g/mol. The van der Waals surface area contributed by atoms with E-state index in [4.69, 9.17) is 0 Å². The smallest absolute Gasteiger partial charge is 0.233 e. The van der Waals surface area contributed by atoms with Gasteiger partial charge in [0.25, 0.3) is 0 Å². The van der Waals surface area contributed by atoms with E-state index in [9.17, 15) is 4.79 Å². The van der Waals surface area contributed by atoms with Crippen LogP contribution in [0.2, 0.25) is 0 Å². The molecule has 120 valence electrons. The average Bonchev–Trinajstić information content (AvgIpc) is 2.62. The highest BCUT2D eigenvalue weighted by Crippen LogP contribution is 2.20. The number of carbonyl (C=O) groups is 1. The molecule has 0 aromatic heterocycles. The molecule has 1 N–H and O–H groups in total. The quantitative estimate of drug-likeness (QED) is 0.846. The van der Waals surface area contributed by atoms with Crippen LogP contribution < -0.4 is 5.32 Å². The molecule has 0 aliphatic carbocycles. The number of benzene rings is 2. The Bertz CT molecular complexity index is 618. The van der Waals surface area contributed by atoms with Crippen LogP contribution in [0.25, 0.3) is 0 Å². The molecule has 3 rings (SSSR count). The minimum Gasteiger partial charge on any atom is -0.381 e. The highest BCUT2D eigenvalue weighted by molar-refractivity contribution is 8.00. The third-order valence-electron chi connectivity index (χ3n) is 4.02. The molecule has 1 atom stereocenters. The molecule has 1 heterocycles. The number of nitrogens with zero attached hydrogens (tertiary/aromatic N) is 1. The zero-order valence-electron chi connectivity index (χ0n) is 13.2. The predicted molar refractivity (Wildman–Crippen MR) is 96.8 cm³/mol. The maximum absolute atomic E-state index is 12.4. The summed E-state index contributed by atoms with van der Waals surface area (Å²) in [6.07, 6.45) is 2.18.